The Bertz CT molecular complexity index is 1060. The molecule has 3 aromatic rings. The second-order valence-corrected chi connectivity index (χ2v) is 9.45. The van der Waals surface area contributed by atoms with E-state index in [1.165, 1.54) is 11.1 Å². The zero-order chi connectivity index (χ0) is 19.6. The van der Waals surface area contributed by atoms with Gasteiger partial charge >= 0.3 is 0 Å². The number of thioether (sulfide) groups is 1. The average Bonchev–Trinajstić information content (AvgIpc) is 2.93. The summed E-state index contributed by atoms with van der Waals surface area (Å²) < 4.78 is 3.23. The Labute approximate surface area is 168 Å². The Morgan fingerprint density at radius 3 is 2.59 bits per heavy atom. The van der Waals surface area contributed by atoms with Gasteiger partial charge in [0, 0.05) is 22.3 Å². The molecule has 1 amide bonds. The van der Waals surface area contributed by atoms with E-state index < -0.39 is 0 Å². The molecule has 3 rings (SSSR count). The van der Waals surface area contributed by atoms with Crippen molar-refractivity contribution in [1.29, 1.82) is 0 Å². The minimum Gasteiger partial charge on any atom is -0.312 e. The predicted octanol–water partition coefficient (Wildman–Crippen LogP) is 5.75. The number of aromatic nitrogens is 1. The second kappa shape index (κ2) is 8.28. The first kappa shape index (κ1) is 19.6. The number of carbonyl (C=O) groups excluding carboxylic acids is 1. The zero-order valence-electron chi connectivity index (χ0n) is 16.2. The number of carbonyl (C=O) groups is 1. The molecule has 0 spiro atoms. The minimum absolute atomic E-state index is 0.213. The predicted molar refractivity (Wildman–Crippen MR) is 117 cm³/mol. The molecule has 0 fully saturated rings. The van der Waals surface area contributed by atoms with Crippen molar-refractivity contribution >= 4 is 39.2 Å². The molecule has 1 heterocycles. The van der Waals surface area contributed by atoms with Crippen molar-refractivity contribution in [2.24, 2.45) is 4.99 Å². The summed E-state index contributed by atoms with van der Waals surface area (Å²) in [7, 11) is 0. The lowest BCUT2D eigenvalue weighted by Crippen LogP contribution is -2.16. The molecule has 1 aromatic heterocycles. The van der Waals surface area contributed by atoms with Gasteiger partial charge in [-0.25, -0.2) is 0 Å². The monoisotopic (exact) mass is 396 g/mol. The van der Waals surface area contributed by atoms with Gasteiger partial charge in [-0.05, 0) is 55.3 Å². The van der Waals surface area contributed by atoms with Crippen LogP contribution < -0.4 is 4.80 Å². The number of benzene rings is 2. The first-order valence-corrected chi connectivity index (χ1v) is 10.7. The van der Waals surface area contributed by atoms with Crippen molar-refractivity contribution < 1.29 is 4.79 Å². The Kier molecular flexibility index (Phi) is 6.02. The van der Waals surface area contributed by atoms with Crippen LogP contribution in [-0.4, -0.2) is 15.7 Å². The lowest BCUT2D eigenvalue weighted by atomic mass is 10.1. The molecule has 0 aliphatic heterocycles. The molecular weight excluding hydrogens is 372 g/mol. The van der Waals surface area contributed by atoms with Gasteiger partial charge in [0.2, 0.25) is 0 Å². The molecule has 0 radical (unpaired) electrons. The number of thiazole rings is 1. The number of fused-ring (bicyclic) bond motifs is 1. The third-order valence-corrected chi connectivity index (χ3v) is 6.34. The van der Waals surface area contributed by atoms with Crippen LogP contribution in [0.3, 0.4) is 0 Å². The summed E-state index contributed by atoms with van der Waals surface area (Å²) in [6, 6.07) is 12.0. The van der Waals surface area contributed by atoms with E-state index in [1.54, 1.807) is 23.1 Å². The van der Waals surface area contributed by atoms with Gasteiger partial charge in [-0.2, -0.15) is 4.99 Å². The van der Waals surface area contributed by atoms with Crippen LogP contribution in [0.4, 0.5) is 0 Å². The van der Waals surface area contributed by atoms with E-state index in [9.17, 15) is 4.79 Å². The Balaban J connectivity index is 2.04. The Hall–Kier alpha value is -2.11. The molecule has 0 aliphatic rings. The third-order valence-electron chi connectivity index (χ3n) is 4.10. The molecule has 140 valence electrons. The van der Waals surface area contributed by atoms with Crippen molar-refractivity contribution in [3.05, 3.63) is 70.5 Å². The van der Waals surface area contributed by atoms with E-state index in [2.05, 4.69) is 56.0 Å². The molecule has 0 atom stereocenters. The molecule has 0 saturated heterocycles. The SMILES string of the molecule is C=CCn1c(=NC(=O)c2ccc(SC(C)C)cc2)sc2c(C)cc(C)cc21. The number of nitrogens with zero attached hydrogens (tertiary/aromatic N) is 2. The van der Waals surface area contributed by atoms with Gasteiger partial charge in [-0.1, -0.05) is 37.3 Å². The topological polar surface area (TPSA) is 34.4 Å². The van der Waals surface area contributed by atoms with Crippen molar-refractivity contribution in [3.8, 4) is 0 Å². The van der Waals surface area contributed by atoms with Gasteiger partial charge in [0.25, 0.3) is 5.91 Å². The highest BCUT2D eigenvalue weighted by atomic mass is 32.2. The fourth-order valence-electron chi connectivity index (χ4n) is 3.00. The summed E-state index contributed by atoms with van der Waals surface area (Å²) in [5.74, 6) is -0.213. The number of hydrogen-bond acceptors (Lipinski definition) is 3. The van der Waals surface area contributed by atoms with E-state index in [4.69, 9.17) is 0 Å². The summed E-state index contributed by atoms with van der Waals surface area (Å²) in [6.45, 7) is 13.0. The maximum absolute atomic E-state index is 12.7. The molecule has 0 N–H and O–H groups in total. The fraction of sp³-hybridized carbons (Fsp3) is 0.273. The van der Waals surface area contributed by atoms with E-state index in [0.717, 1.165) is 15.1 Å². The van der Waals surface area contributed by atoms with Crippen molar-refractivity contribution in [2.45, 2.75) is 44.4 Å². The van der Waals surface area contributed by atoms with Gasteiger partial charge in [0.1, 0.15) is 0 Å². The maximum Gasteiger partial charge on any atom is 0.279 e. The van der Waals surface area contributed by atoms with E-state index in [-0.39, 0.29) is 5.91 Å². The average molecular weight is 397 g/mol. The molecule has 0 saturated carbocycles. The third kappa shape index (κ3) is 4.42. The van der Waals surface area contributed by atoms with Crippen LogP contribution in [0.5, 0.6) is 0 Å². The Morgan fingerprint density at radius 2 is 1.96 bits per heavy atom. The highest BCUT2D eigenvalue weighted by Gasteiger charge is 2.11. The van der Waals surface area contributed by atoms with Gasteiger partial charge in [-0.3, -0.25) is 4.79 Å². The Morgan fingerprint density at radius 1 is 1.26 bits per heavy atom. The summed E-state index contributed by atoms with van der Waals surface area (Å²) in [5.41, 5.74) is 4.12. The largest absolute Gasteiger partial charge is 0.312 e. The molecule has 0 bridgehead atoms. The molecule has 0 aliphatic carbocycles. The van der Waals surface area contributed by atoms with Crippen LogP contribution >= 0.6 is 23.1 Å². The number of hydrogen-bond donors (Lipinski definition) is 0. The number of allylic oxidation sites excluding steroid dienone is 1. The van der Waals surface area contributed by atoms with Crippen LogP contribution in [-0.2, 0) is 6.54 Å². The van der Waals surface area contributed by atoms with E-state index in [0.29, 0.717) is 22.2 Å². The lowest BCUT2D eigenvalue weighted by molar-refractivity contribution is 0.0998. The van der Waals surface area contributed by atoms with Gasteiger partial charge in [0.05, 0.1) is 10.2 Å². The van der Waals surface area contributed by atoms with Crippen molar-refractivity contribution in [3.63, 3.8) is 0 Å². The van der Waals surface area contributed by atoms with Gasteiger partial charge in [0.15, 0.2) is 4.80 Å². The number of aryl methyl sites for hydroxylation is 2. The molecule has 27 heavy (non-hydrogen) atoms. The zero-order valence-corrected chi connectivity index (χ0v) is 17.8. The van der Waals surface area contributed by atoms with E-state index >= 15 is 0 Å². The van der Waals surface area contributed by atoms with Crippen molar-refractivity contribution in [1.82, 2.24) is 4.57 Å². The van der Waals surface area contributed by atoms with Crippen LogP contribution in [0.15, 0.2) is 58.9 Å². The lowest BCUT2D eigenvalue weighted by Gasteiger charge is -2.05. The summed E-state index contributed by atoms with van der Waals surface area (Å²) in [6.07, 6.45) is 1.84. The highest BCUT2D eigenvalue weighted by molar-refractivity contribution is 7.99. The first-order chi connectivity index (χ1) is 12.9. The summed E-state index contributed by atoms with van der Waals surface area (Å²) >= 11 is 3.34. The summed E-state index contributed by atoms with van der Waals surface area (Å²) in [5, 5.41) is 0.513. The molecular formula is C22H24N2OS2. The quantitative estimate of drug-likeness (QED) is 0.407. The van der Waals surface area contributed by atoms with Gasteiger partial charge < -0.3 is 4.57 Å². The van der Waals surface area contributed by atoms with Crippen LogP contribution in [0.2, 0.25) is 0 Å². The minimum atomic E-state index is -0.213. The highest BCUT2D eigenvalue weighted by Crippen LogP contribution is 2.24. The molecule has 5 heteroatoms. The van der Waals surface area contributed by atoms with E-state index in [1.807, 2.05) is 30.3 Å². The maximum atomic E-state index is 12.7. The standard InChI is InChI=1S/C22H24N2OS2/c1-6-11-24-19-13-15(4)12-16(5)20(19)27-22(24)23-21(25)17-7-9-18(10-8-17)26-14(2)3/h6-10,12-14H,1,11H2,2-5H3. The smallest absolute Gasteiger partial charge is 0.279 e. The molecule has 3 nitrogen and oxygen atoms in total. The summed E-state index contributed by atoms with van der Waals surface area (Å²) in [4.78, 5) is 19.0. The fourth-order valence-corrected chi connectivity index (χ4v) is 4.93. The number of amides is 1. The normalized spacial score (nSPS) is 12.1. The van der Waals surface area contributed by atoms with Crippen LogP contribution in [0, 0.1) is 13.8 Å². The number of rotatable bonds is 5. The second-order valence-electron chi connectivity index (χ2n) is 6.82. The first-order valence-electron chi connectivity index (χ1n) is 8.96. The van der Waals surface area contributed by atoms with Crippen molar-refractivity contribution in [2.75, 3.05) is 0 Å². The van der Waals surface area contributed by atoms with Crippen LogP contribution in [0.25, 0.3) is 10.2 Å². The van der Waals surface area contributed by atoms with Gasteiger partial charge in [-0.15, -0.1) is 18.3 Å². The van der Waals surface area contributed by atoms with Crippen LogP contribution in [0.1, 0.15) is 35.3 Å². The molecule has 0 unspecified atom stereocenters. The molecule has 2 aromatic carbocycles.